The Hall–Kier alpha value is -3.03. The molecule has 0 aliphatic carbocycles. The van der Waals surface area contributed by atoms with Crippen molar-refractivity contribution < 1.29 is 9.72 Å². The normalized spacial score (nSPS) is 10.2. The maximum Gasteiger partial charge on any atom is 0.311 e. The Kier molecular flexibility index (Phi) is 3.79. The minimum atomic E-state index is -0.624. The quantitative estimate of drug-likeness (QED) is 0.681. The molecular formula is C13H13N5O3. The molecule has 2 aromatic heterocycles. The zero-order valence-corrected chi connectivity index (χ0v) is 11.5. The molecule has 2 heterocycles. The summed E-state index contributed by atoms with van der Waals surface area (Å²) in [5, 5.41) is 10.7. The lowest BCUT2D eigenvalue weighted by Gasteiger charge is -2.20. The Morgan fingerprint density at radius 2 is 2.10 bits per heavy atom. The van der Waals surface area contributed by atoms with Crippen molar-refractivity contribution in [2.45, 2.75) is 13.8 Å². The second-order valence-electron chi connectivity index (χ2n) is 4.34. The predicted octanol–water partition coefficient (Wildman–Crippen LogP) is 1.96. The molecule has 0 atom stereocenters. The number of nitrogens with zero attached hydrogens (tertiary/aromatic N) is 4. The number of rotatable bonds is 3. The maximum atomic E-state index is 11.9. The summed E-state index contributed by atoms with van der Waals surface area (Å²) in [6, 6.07) is 5.96. The third-order valence-electron chi connectivity index (χ3n) is 2.77. The zero-order valence-electron chi connectivity index (χ0n) is 11.5. The number of nitro groups is 1. The zero-order chi connectivity index (χ0) is 15.6. The maximum absolute atomic E-state index is 11.9. The summed E-state index contributed by atoms with van der Waals surface area (Å²) in [5.41, 5.74) is 6.56. The van der Waals surface area contributed by atoms with Crippen LogP contribution in [0.1, 0.15) is 12.6 Å². The van der Waals surface area contributed by atoms with Crippen molar-refractivity contribution in [2.75, 3.05) is 10.6 Å². The van der Waals surface area contributed by atoms with Crippen molar-refractivity contribution >= 4 is 28.9 Å². The van der Waals surface area contributed by atoms with E-state index in [0.29, 0.717) is 5.69 Å². The SMILES string of the molecule is CC(=O)N(c1ccnc(C)c1)c1ccc([N+](=O)[O-])c(N)n1. The van der Waals surface area contributed by atoms with E-state index in [9.17, 15) is 14.9 Å². The van der Waals surface area contributed by atoms with Crippen LogP contribution in [0.3, 0.4) is 0 Å². The molecule has 0 aliphatic rings. The molecule has 0 saturated heterocycles. The summed E-state index contributed by atoms with van der Waals surface area (Å²) in [4.78, 5) is 31.3. The highest BCUT2D eigenvalue weighted by atomic mass is 16.6. The number of pyridine rings is 2. The van der Waals surface area contributed by atoms with E-state index in [4.69, 9.17) is 5.73 Å². The highest BCUT2D eigenvalue weighted by Gasteiger charge is 2.20. The van der Waals surface area contributed by atoms with Crippen molar-refractivity contribution in [3.63, 3.8) is 0 Å². The van der Waals surface area contributed by atoms with E-state index in [1.165, 1.54) is 24.0 Å². The second kappa shape index (κ2) is 5.53. The summed E-state index contributed by atoms with van der Waals surface area (Å²) < 4.78 is 0. The van der Waals surface area contributed by atoms with Crippen molar-refractivity contribution in [3.8, 4) is 0 Å². The molecule has 2 aromatic rings. The van der Waals surface area contributed by atoms with E-state index in [1.54, 1.807) is 25.3 Å². The van der Waals surface area contributed by atoms with E-state index in [2.05, 4.69) is 9.97 Å². The number of aromatic nitrogens is 2. The highest BCUT2D eigenvalue weighted by Crippen LogP contribution is 2.28. The Bertz CT molecular complexity index is 717. The number of hydrogen-bond donors (Lipinski definition) is 1. The van der Waals surface area contributed by atoms with E-state index < -0.39 is 4.92 Å². The molecule has 21 heavy (non-hydrogen) atoms. The van der Waals surface area contributed by atoms with Gasteiger partial charge in [0.25, 0.3) is 0 Å². The molecule has 0 fully saturated rings. The van der Waals surface area contributed by atoms with Crippen molar-refractivity contribution in [2.24, 2.45) is 0 Å². The molecule has 0 unspecified atom stereocenters. The van der Waals surface area contributed by atoms with Crippen molar-refractivity contribution in [1.82, 2.24) is 9.97 Å². The fourth-order valence-corrected chi connectivity index (χ4v) is 1.88. The van der Waals surface area contributed by atoms with Crippen LogP contribution in [0, 0.1) is 17.0 Å². The number of carbonyl (C=O) groups is 1. The Labute approximate surface area is 120 Å². The van der Waals surface area contributed by atoms with Crippen LogP contribution < -0.4 is 10.6 Å². The third kappa shape index (κ3) is 2.94. The van der Waals surface area contributed by atoms with Gasteiger partial charge < -0.3 is 5.73 Å². The molecule has 0 aliphatic heterocycles. The Balaban J connectivity index is 2.51. The minimum Gasteiger partial charge on any atom is -0.378 e. The van der Waals surface area contributed by atoms with Crippen LogP contribution >= 0.6 is 0 Å². The molecule has 0 radical (unpaired) electrons. The van der Waals surface area contributed by atoms with Gasteiger partial charge in [-0.2, -0.15) is 0 Å². The van der Waals surface area contributed by atoms with Gasteiger partial charge in [0.1, 0.15) is 5.82 Å². The average Bonchev–Trinajstić information content (AvgIpc) is 2.38. The summed E-state index contributed by atoms with van der Waals surface area (Å²) in [6.07, 6.45) is 1.56. The minimum absolute atomic E-state index is 0.219. The first-order valence-corrected chi connectivity index (χ1v) is 6.04. The molecule has 0 bridgehead atoms. The molecule has 2 rings (SSSR count). The van der Waals surface area contributed by atoms with Gasteiger partial charge in [-0.05, 0) is 25.1 Å². The third-order valence-corrected chi connectivity index (χ3v) is 2.77. The first-order valence-electron chi connectivity index (χ1n) is 6.04. The summed E-state index contributed by atoms with van der Waals surface area (Å²) in [6.45, 7) is 3.16. The number of nitrogens with two attached hydrogens (primary N) is 1. The number of hydrogen-bond acceptors (Lipinski definition) is 6. The molecule has 0 saturated carbocycles. The van der Waals surface area contributed by atoms with Crippen LogP contribution in [0.25, 0.3) is 0 Å². The molecular weight excluding hydrogens is 274 g/mol. The monoisotopic (exact) mass is 287 g/mol. The van der Waals surface area contributed by atoms with Crippen LogP contribution in [0.4, 0.5) is 23.0 Å². The number of carbonyl (C=O) groups excluding carboxylic acids is 1. The van der Waals surface area contributed by atoms with Gasteiger partial charge in [-0.1, -0.05) is 0 Å². The largest absolute Gasteiger partial charge is 0.378 e. The predicted molar refractivity (Wildman–Crippen MR) is 77.1 cm³/mol. The van der Waals surface area contributed by atoms with E-state index in [1.807, 2.05) is 0 Å². The van der Waals surface area contributed by atoms with Gasteiger partial charge in [-0.25, -0.2) is 4.98 Å². The fourth-order valence-electron chi connectivity index (χ4n) is 1.88. The average molecular weight is 287 g/mol. The van der Waals surface area contributed by atoms with Gasteiger partial charge in [-0.3, -0.25) is 24.8 Å². The number of anilines is 3. The summed E-state index contributed by atoms with van der Waals surface area (Å²) in [5.74, 6) is -0.313. The Morgan fingerprint density at radius 3 is 2.62 bits per heavy atom. The molecule has 2 N–H and O–H groups in total. The van der Waals surface area contributed by atoms with Crippen LogP contribution in [0.5, 0.6) is 0 Å². The standard InChI is InChI=1S/C13H13N5O3/c1-8-7-10(5-6-15-8)17(9(2)19)12-4-3-11(18(20)21)13(14)16-12/h3-7H,1-2H3,(H2,14,16). The van der Waals surface area contributed by atoms with E-state index in [0.717, 1.165) is 5.69 Å². The van der Waals surface area contributed by atoms with Crippen molar-refractivity contribution in [3.05, 3.63) is 46.3 Å². The fraction of sp³-hybridized carbons (Fsp3) is 0.154. The van der Waals surface area contributed by atoms with Crippen LogP contribution in [0.15, 0.2) is 30.5 Å². The van der Waals surface area contributed by atoms with Gasteiger partial charge in [0, 0.05) is 24.9 Å². The van der Waals surface area contributed by atoms with Crippen LogP contribution in [-0.4, -0.2) is 20.8 Å². The molecule has 8 nitrogen and oxygen atoms in total. The lowest BCUT2D eigenvalue weighted by molar-refractivity contribution is -0.384. The van der Waals surface area contributed by atoms with Crippen molar-refractivity contribution in [1.29, 1.82) is 0 Å². The first-order chi connectivity index (χ1) is 9.90. The number of amides is 1. The smallest absolute Gasteiger partial charge is 0.311 e. The molecule has 8 heteroatoms. The van der Waals surface area contributed by atoms with E-state index in [-0.39, 0.29) is 23.2 Å². The summed E-state index contributed by atoms with van der Waals surface area (Å²) >= 11 is 0. The van der Waals surface area contributed by atoms with Gasteiger partial charge in [0.2, 0.25) is 11.7 Å². The molecule has 1 amide bonds. The summed E-state index contributed by atoms with van der Waals surface area (Å²) in [7, 11) is 0. The molecule has 0 spiro atoms. The van der Waals surface area contributed by atoms with Crippen LogP contribution in [0.2, 0.25) is 0 Å². The number of nitrogen functional groups attached to an aromatic ring is 1. The topological polar surface area (TPSA) is 115 Å². The second-order valence-corrected chi connectivity index (χ2v) is 4.34. The lowest BCUT2D eigenvalue weighted by atomic mass is 10.2. The molecule has 0 aromatic carbocycles. The van der Waals surface area contributed by atoms with Crippen LogP contribution in [-0.2, 0) is 4.79 Å². The first kappa shape index (κ1) is 14.4. The van der Waals surface area contributed by atoms with E-state index >= 15 is 0 Å². The molecule has 108 valence electrons. The number of aryl methyl sites for hydroxylation is 1. The van der Waals surface area contributed by atoms with Gasteiger partial charge >= 0.3 is 5.69 Å². The Morgan fingerprint density at radius 1 is 1.38 bits per heavy atom. The van der Waals surface area contributed by atoms with Gasteiger partial charge in [0.05, 0.1) is 10.6 Å². The lowest BCUT2D eigenvalue weighted by Crippen LogP contribution is -2.24. The van der Waals surface area contributed by atoms with Gasteiger partial charge in [-0.15, -0.1) is 0 Å². The highest BCUT2D eigenvalue weighted by molar-refractivity contribution is 5.98. The van der Waals surface area contributed by atoms with Gasteiger partial charge in [0.15, 0.2) is 0 Å².